The van der Waals surface area contributed by atoms with Crippen molar-refractivity contribution in [2.24, 2.45) is 0 Å². The molecule has 6 nitrogen and oxygen atoms in total. The number of aliphatic hydroxyl groups excluding tert-OH is 4. The highest BCUT2D eigenvalue weighted by atomic mass is 16.7. The molecule has 1 aliphatic rings. The molecule has 0 unspecified atom stereocenters. The van der Waals surface area contributed by atoms with E-state index < -0.39 is 30.7 Å². The van der Waals surface area contributed by atoms with Gasteiger partial charge in [0.1, 0.15) is 18.3 Å². The Bertz CT molecular complexity index is 162. The monoisotopic (exact) mass is 180 g/mol. The van der Waals surface area contributed by atoms with Crippen molar-refractivity contribution in [3.05, 3.63) is 0 Å². The molecule has 1 saturated heterocycles. The molecule has 6 heteroatoms. The van der Waals surface area contributed by atoms with Gasteiger partial charge in [-0.05, 0) is 0 Å². The van der Waals surface area contributed by atoms with Crippen LogP contribution in [0.3, 0.4) is 0 Å². The molecule has 0 aromatic carbocycles. The van der Waals surface area contributed by atoms with E-state index in [1.807, 2.05) is 0 Å². The smallest absolute Gasteiger partial charge is 0.218 e. The Morgan fingerprint density at radius 2 is 1.92 bits per heavy atom. The maximum Gasteiger partial charge on any atom is 0.218 e. The zero-order valence-electron chi connectivity index (χ0n) is 6.29. The lowest BCUT2D eigenvalue weighted by molar-refractivity contribution is -0.331. The number of hydrogen-bond donors (Lipinski definition) is 5. The third-order valence-corrected chi connectivity index (χ3v) is 1.91. The average Bonchev–Trinajstić information content (AvgIpc) is 2.09. The summed E-state index contributed by atoms with van der Waals surface area (Å²) in [5, 5.41) is 45.0. The van der Waals surface area contributed by atoms with Crippen molar-refractivity contribution in [2.45, 2.75) is 24.1 Å². The number of rotatable bonds is 1. The molecule has 1 heterocycles. The summed E-state index contributed by atoms with van der Waals surface area (Å²) in [6, 6.07) is 0. The van der Waals surface area contributed by atoms with Gasteiger partial charge in [0.15, 0.2) is 0 Å². The van der Waals surface area contributed by atoms with Gasteiger partial charge in [0.2, 0.25) is 5.79 Å². The first-order chi connectivity index (χ1) is 5.51. The number of aliphatic hydroxyl groups is 5. The largest absolute Gasteiger partial charge is 0.391 e. The molecule has 0 spiro atoms. The van der Waals surface area contributed by atoms with Gasteiger partial charge in [0, 0.05) is 0 Å². The van der Waals surface area contributed by atoms with Crippen LogP contribution in [0.15, 0.2) is 0 Å². The first-order valence-electron chi connectivity index (χ1n) is 3.52. The summed E-state index contributed by atoms with van der Waals surface area (Å²) >= 11 is 0. The third kappa shape index (κ3) is 1.45. The summed E-state index contributed by atoms with van der Waals surface area (Å²) in [4.78, 5) is 0. The Balaban J connectivity index is 2.71. The van der Waals surface area contributed by atoms with Crippen LogP contribution in [0.25, 0.3) is 0 Å². The van der Waals surface area contributed by atoms with Crippen LogP contribution in [-0.4, -0.2) is 62.8 Å². The van der Waals surface area contributed by atoms with Gasteiger partial charge in [0.25, 0.3) is 0 Å². The van der Waals surface area contributed by atoms with Crippen molar-refractivity contribution in [1.82, 2.24) is 0 Å². The van der Waals surface area contributed by atoms with Crippen molar-refractivity contribution in [3.63, 3.8) is 0 Å². The minimum atomic E-state index is -2.17. The minimum absolute atomic E-state index is 0.324. The van der Waals surface area contributed by atoms with E-state index in [-0.39, 0.29) is 6.61 Å². The Hall–Kier alpha value is -0.240. The van der Waals surface area contributed by atoms with Gasteiger partial charge in [-0.15, -0.1) is 0 Å². The minimum Gasteiger partial charge on any atom is -0.391 e. The summed E-state index contributed by atoms with van der Waals surface area (Å²) < 4.78 is 4.56. The van der Waals surface area contributed by atoms with Crippen LogP contribution in [0.5, 0.6) is 0 Å². The highest BCUT2D eigenvalue weighted by Crippen LogP contribution is 2.22. The summed E-state index contributed by atoms with van der Waals surface area (Å²) in [6.45, 7) is -1.16. The zero-order valence-corrected chi connectivity index (χ0v) is 6.29. The van der Waals surface area contributed by atoms with E-state index >= 15 is 0 Å². The molecule has 0 aromatic heterocycles. The van der Waals surface area contributed by atoms with E-state index in [1.54, 1.807) is 0 Å². The number of hydrogen-bond acceptors (Lipinski definition) is 6. The second-order valence-corrected chi connectivity index (χ2v) is 2.82. The van der Waals surface area contributed by atoms with Crippen LogP contribution in [0.2, 0.25) is 0 Å². The predicted octanol–water partition coefficient (Wildman–Crippen LogP) is -3.22. The molecule has 12 heavy (non-hydrogen) atoms. The Morgan fingerprint density at radius 3 is 2.42 bits per heavy atom. The van der Waals surface area contributed by atoms with Gasteiger partial charge in [-0.25, -0.2) is 0 Å². The van der Waals surface area contributed by atoms with Gasteiger partial charge < -0.3 is 30.3 Å². The molecule has 0 aromatic rings. The maximum absolute atomic E-state index is 9.24. The molecule has 0 aliphatic carbocycles. The van der Waals surface area contributed by atoms with E-state index in [1.165, 1.54) is 0 Å². The van der Waals surface area contributed by atoms with Crippen LogP contribution >= 0.6 is 0 Å². The second-order valence-electron chi connectivity index (χ2n) is 2.82. The molecule has 0 amide bonds. The fraction of sp³-hybridized carbons (Fsp3) is 1.00. The fourth-order valence-corrected chi connectivity index (χ4v) is 1.03. The molecular weight excluding hydrogens is 168 g/mol. The van der Waals surface area contributed by atoms with E-state index in [0.29, 0.717) is 0 Å². The predicted molar refractivity (Wildman–Crippen MR) is 36.0 cm³/mol. The standard InChI is InChI=1S/C6H12O6/c7-2-6(11)5(10)4(9)3(8)1-12-6/h3-5,7-11H,1-2H2/t3-,4+,5+,6-/m1/s1. The topological polar surface area (TPSA) is 110 Å². The molecule has 72 valence electrons. The van der Waals surface area contributed by atoms with E-state index in [9.17, 15) is 5.11 Å². The summed E-state index contributed by atoms with van der Waals surface area (Å²) in [7, 11) is 0. The lowest BCUT2D eigenvalue weighted by atomic mass is 9.98. The van der Waals surface area contributed by atoms with Gasteiger partial charge in [0.05, 0.1) is 13.2 Å². The highest BCUT2D eigenvalue weighted by molar-refractivity contribution is 4.90. The van der Waals surface area contributed by atoms with Crippen molar-refractivity contribution in [2.75, 3.05) is 13.2 Å². The van der Waals surface area contributed by atoms with Crippen LogP contribution in [0, 0.1) is 0 Å². The summed E-state index contributed by atoms with van der Waals surface area (Å²) in [6.07, 6.45) is -4.45. The first-order valence-corrected chi connectivity index (χ1v) is 3.52. The lowest BCUT2D eigenvalue weighted by Crippen LogP contribution is -2.62. The maximum atomic E-state index is 9.24. The molecule has 1 aliphatic heterocycles. The summed E-state index contributed by atoms with van der Waals surface area (Å²) in [5.41, 5.74) is 0. The van der Waals surface area contributed by atoms with Crippen molar-refractivity contribution in [3.8, 4) is 0 Å². The number of ether oxygens (including phenoxy) is 1. The van der Waals surface area contributed by atoms with Crippen LogP contribution < -0.4 is 0 Å². The van der Waals surface area contributed by atoms with Crippen molar-refractivity contribution >= 4 is 0 Å². The van der Waals surface area contributed by atoms with Crippen molar-refractivity contribution in [1.29, 1.82) is 0 Å². The SMILES string of the molecule is OC[C@@]1(O)OC[C@@H](O)[C@H](O)[C@@H]1O. The molecule has 4 atom stereocenters. The molecule has 5 N–H and O–H groups in total. The Kier molecular flexibility index (Phi) is 2.67. The Labute approximate surface area is 68.6 Å². The Morgan fingerprint density at radius 1 is 1.33 bits per heavy atom. The molecule has 0 saturated carbocycles. The highest BCUT2D eigenvalue weighted by Gasteiger charge is 2.47. The first kappa shape index (κ1) is 9.85. The quantitative estimate of drug-likeness (QED) is 0.290. The van der Waals surface area contributed by atoms with Gasteiger partial charge >= 0.3 is 0 Å². The van der Waals surface area contributed by atoms with Gasteiger partial charge in [-0.2, -0.15) is 0 Å². The lowest BCUT2D eigenvalue weighted by Gasteiger charge is -2.40. The summed E-state index contributed by atoms with van der Waals surface area (Å²) in [5.74, 6) is -2.17. The normalized spacial score (nSPS) is 49.2. The van der Waals surface area contributed by atoms with Crippen molar-refractivity contribution < 1.29 is 30.3 Å². The molecule has 0 bridgehead atoms. The van der Waals surface area contributed by atoms with Crippen LogP contribution in [0.1, 0.15) is 0 Å². The second kappa shape index (κ2) is 3.25. The molecule has 0 radical (unpaired) electrons. The van der Waals surface area contributed by atoms with E-state index in [2.05, 4.69) is 4.74 Å². The zero-order chi connectivity index (χ0) is 9.35. The van der Waals surface area contributed by atoms with E-state index in [0.717, 1.165) is 0 Å². The average molecular weight is 180 g/mol. The molecule has 1 fully saturated rings. The van der Waals surface area contributed by atoms with Gasteiger partial charge in [-0.1, -0.05) is 0 Å². The van der Waals surface area contributed by atoms with E-state index in [4.69, 9.17) is 20.4 Å². The fourth-order valence-electron chi connectivity index (χ4n) is 1.03. The van der Waals surface area contributed by atoms with Crippen LogP contribution in [0.4, 0.5) is 0 Å². The molecular formula is C6H12O6. The van der Waals surface area contributed by atoms with Gasteiger partial charge in [-0.3, -0.25) is 0 Å². The third-order valence-electron chi connectivity index (χ3n) is 1.91. The van der Waals surface area contributed by atoms with Crippen LogP contribution in [-0.2, 0) is 4.74 Å². The molecule has 1 rings (SSSR count).